The van der Waals surface area contributed by atoms with E-state index in [9.17, 15) is 14.4 Å². The zero-order valence-electron chi connectivity index (χ0n) is 11.3. The molecule has 1 N–H and O–H groups in total. The van der Waals surface area contributed by atoms with Gasteiger partial charge in [-0.1, -0.05) is 6.92 Å². The van der Waals surface area contributed by atoms with E-state index in [-0.39, 0.29) is 19.0 Å². The molecule has 0 aliphatic carbocycles. The quantitative estimate of drug-likeness (QED) is 0.723. The number of hydrogen-bond donors (Lipinski definition) is 1. The second kappa shape index (κ2) is 7.52. The van der Waals surface area contributed by atoms with Gasteiger partial charge in [-0.2, -0.15) is 0 Å². The summed E-state index contributed by atoms with van der Waals surface area (Å²) in [6.45, 7) is 1.89. The predicted octanol–water partition coefficient (Wildman–Crippen LogP) is -0.0770. The van der Waals surface area contributed by atoms with Gasteiger partial charge in [-0.3, -0.25) is 9.59 Å². The SMILES string of the molecule is CCCN(CC(=O)N(C)C)C(=O)N(C)CC(=O)O. The molecule has 7 heteroatoms. The highest BCUT2D eigenvalue weighted by Crippen LogP contribution is 2.00. The van der Waals surface area contributed by atoms with Crippen LogP contribution in [0.5, 0.6) is 0 Å². The average Bonchev–Trinajstić information content (AvgIpc) is 2.26. The minimum atomic E-state index is -1.08. The zero-order chi connectivity index (χ0) is 14.3. The molecule has 0 aliphatic heterocycles. The lowest BCUT2D eigenvalue weighted by Crippen LogP contribution is -2.47. The summed E-state index contributed by atoms with van der Waals surface area (Å²) in [4.78, 5) is 37.9. The summed E-state index contributed by atoms with van der Waals surface area (Å²) in [7, 11) is 4.62. The lowest BCUT2D eigenvalue weighted by molar-refractivity contribution is -0.137. The maximum atomic E-state index is 11.9. The Morgan fingerprint density at radius 3 is 2.00 bits per heavy atom. The molecule has 0 heterocycles. The number of rotatable bonds is 6. The van der Waals surface area contributed by atoms with Crippen LogP contribution in [0.2, 0.25) is 0 Å². The van der Waals surface area contributed by atoms with Crippen LogP contribution in [0.4, 0.5) is 4.79 Å². The van der Waals surface area contributed by atoms with E-state index in [1.165, 1.54) is 16.8 Å². The molecule has 7 nitrogen and oxygen atoms in total. The normalized spacial score (nSPS) is 9.78. The van der Waals surface area contributed by atoms with Crippen LogP contribution in [-0.4, -0.2) is 78.5 Å². The van der Waals surface area contributed by atoms with Crippen molar-refractivity contribution in [2.24, 2.45) is 0 Å². The molecule has 0 radical (unpaired) electrons. The smallest absolute Gasteiger partial charge is 0.323 e. The van der Waals surface area contributed by atoms with Gasteiger partial charge in [0.05, 0.1) is 0 Å². The van der Waals surface area contributed by atoms with Crippen molar-refractivity contribution < 1.29 is 19.5 Å². The molecule has 0 saturated heterocycles. The summed E-state index contributed by atoms with van der Waals surface area (Å²) in [5.74, 6) is -1.28. The minimum Gasteiger partial charge on any atom is -0.480 e. The first-order valence-corrected chi connectivity index (χ1v) is 5.71. The summed E-state index contributed by atoms with van der Waals surface area (Å²) in [5, 5.41) is 8.63. The third-order valence-corrected chi connectivity index (χ3v) is 2.29. The Morgan fingerprint density at radius 2 is 1.61 bits per heavy atom. The maximum absolute atomic E-state index is 11.9. The zero-order valence-corrected chi connectivity index (χ0v) is 11.3. The van der Waals surface area contributed by atoms with Crippen LogP contribution >= 0.6 is 0 Å². The molecule has 3 amide bonds. The van der Waals surface area contributed by atoms with Gasteiger partial charge in [-0.25, -0.2) is 4.79 Å². The number of carboxylic acids is 1. The van der Waals surface area contributed by atoms with E-state index in [0.29, 0.717) is 13.0 Å². The lowest BCUT2D eigenvalue weighted by atomic mass is 10.4. The summed E-state index contributed by atoms with van der Waals surface area (Å²) < 4.78 is 0. The third-order valence-electron chi connectivity index (χ3n) is 2.29. The molecule has 0 saturated carbocycles. The number of urea groups is 1. The second-order valence-corrected chi connectivity index (χ2v) is 4.24. The Kier molecular flexibility index (Phi) is 6.77. The number of carbonyl (C=O) groups is 3. The minimum absolute atomic E-state index is 0.0381. The first-order valence-electron chi connectivity index (χ1n) is 5.71. The fourth-order valence-electron chi connectivity index (χ4n) is 1.33. The molecule has 0 aliphatic rings. The van der Waals surface area contributed by atoms with Gasteiger partial charge in [-0.05, 0) is 6.42 Å². The monoisotopic (exact) mass is 259 g/mol. The molecule has 0 atom stereocenters. The molecule has 104 valence electrons. The van der Waals surface area contributed by atoms with Gasteiger partial charge in [0.1, 0.15) is 13.1 Å². The summed E-state index contributed by atoms with van der Waals surface area (Å²) >= 11 is 0. The third kappa shape index (κ3) is 5.51. The molecular formula is C11H21N3O4. The van der Waals surface area contributed by atoms with Crippen molar-refractivity contribution >= 4 is 17.9 Å². The van der Waals surface area contributed by atoms with E-state index in [1.807, 2.05) is 6.92 Å². The van der Waals surface area contributed by atoms with E-state index < -0.39 is 12.0 Å². The van der Waals surface area contributed by atoms with Gasteiger partial charge in [0, 0.05) is 27.7 Å². The number of carboxylic acid groups (broad SMARTS) is 1. The Labute approximate surface area is 107 Å². The van der Waals surface area contributed by atoms with Gasteiger partial charge < -0.3 is 19.8 Å². The summed E-state index contributed by atoms with van der Waals surface area (Å²) in [6, 6.07) is -0.450. The van der Waals surface area contributed by atoms with Crippen molar-refractivity contribution in [1.29, 1.82) is 0 Å². The molecule has 0 aromatic carbocycles. The van der Waals surface area contributed by atoms with Crippen molar-refractivity contribution in [3.05, 3.63) is 0 Å². The van der Waals surface area contributed by atoms with Crippen molar-refractivity contribution in [3.63, 3.8) is 0 Å². The van der Waals surface area contributed by atoms with Gasteiger partial charge in [0.2, 0.25) is 5.91 Å². The largest absolute Gasteiger partial charge is 0.480 e. The molecule has 0 unspecified atom stereocenters. The van der Waals surface area contributed by atoms with Crippen LogP contribution in [0.25, 0.3) is 0 Å². The number of likely N-dealkylation sites (N-methyl/N-ethyl adjacent to an activating group) is 2. The molecular weight excluding hydrogens is 238 g/mol. The van der Waals surface area contributed by atoms with Crippen LogP contribution in [-0.2, 0) is 9.59 Å². The summed E-state index contributed by atoms with van der Waals surface area (Å²) in [6.07, 6.45) is 0.702. The van der Waals surface area contributed by atoms with Crippen LogP contribution in [0.15, 0.2) is 0 Å². The Balaban J connectivity index is 4.62. The highest BCUT2D eigenvalue weighted by molar-refractivity contribution is 5.85. The topological polar surface area (TPSA) is 81.2 Å². The van der Waals surface area contributed by atoms with Gasteiger partial charge in [0.15, 0.2) is 0 Å². The molecule has 18 heavy (non-hydrogen) atoms. The van der Waals surface area contributed by atoms with Gasteiger partial charge in [-0.15, -0.1) is 0 Å². The molecule has 0 aromatic heterocycles. The molecule has 0 spiro atoms. The van der Waals surface area contributed by atoms with Crippen LogP contribution < -0.4 is 0 Å². The fourth-order valence-corrected chi connectivity index (χ4v) is 1.33. The van der Waals surface area contributed by atoms with Crippen LogP contribution in [0, 0.1) is 0 Å². The molecule has 0 aromatic rings. The van der Waals surface area contributed by atoms with E-state index >= 15 is 0 Å². The molecule has 0 rings (SSSR count). The van der Waals surface area contributed by atoms with Crippen molar-refractivity contribution in [1.82, 2.24) is 14.7 Å². The summed E-state index contributed by atoms with van der Waals surface area (Å²) in [5.41, 5.74) is 0. The fraction of sp³-hybridized carbons (Fsp3) is 0.727. The van der Waals surface area contributed by atoms with Crippen molar-refractivity contribution in [2.45, 2.75) is 13.3 Å². The number of carbonyl (C=O) groups excluding carboxylic acids is 2. The van der Waals surface area contributed by atoms with E-state index in [0.717, 1.165) is 4.90 Å². The van der Waals surface area contributed by atoms with Crippen molar-refractivity contribution in [2.75, 3.05) is 40.8 Å². The predicted molar refractivity (Wildman–Crippen MR) is 66.2 cm³/mol. The molecule has 0 bridgehead atoms. The van der Waals surface area contributed by atoms with Gasteiger partial charge >= 0.3 is 12.0 Å². The van der Waals surface area contributed by atoms with Gasteiger partial charge in [0.25, 0.3) is 0 Å². The van der Waals surface area contributed by atoms with Crippen molar-refractivity contribution in [3.8, 4) is 0 Å². The van der Waals surface area contributed by atoms with Crippen LogP contribution in [0.3, 0.4) is 0 Å². The number of aliphatic carboxylic acids is 1. The van der Waals surface area contributed by atoms with E-state index in [2.05, 4.69) is 0 Å². The standard InChI is InChI=1S/C11H21N3O4/c1-5-6-14(7-9(15)12(2)3)11(18)13(4)8-10(16)17/h5-8H2,1-4H3,(H,16,17). The first kappa shape index (κ1) is 16.2. The number of hydrogen-bond acceptors (Lipinski definition) is 3. The lowest BCUT2D eigenvalue weighted by Gasteiger charge is -2.27. The molecule has 0 fully saturated rings. The van der Waals surface area contributed by atoms with Crippen LogP contribution in [0.1, 0.15) is 13.3 Å². The Hall–Kier alpha value is -1.79. The van der Waals surface area contributed by atoms with E-state index in [4.69, 9.17) is 5.11 Å². The number of amides is 3. The maximum Gasteiger partial charge on any atom is 0.323 e. The van der Waals surface area contributed by atoms with E-state index in [1.54, 1.807) is 14.1 Å². The number of nitrogens with zero attached hydrogens (tertiary/aromatic N) is 3. The Morgan fingerprint density at radius 1 is 1.06 bits per heavy atom. The second-order valence-electron chi connectivity index (χ2n) is 4.24. The first-order chi connectivity index (χ1) is 8.29. The highest BCUT2D eigenvalue weighted by atomic mass is 16.4. The highest BCUT2D eigenvalue weighted by Gasteiger charge is 2.21. The average molecular weight is 259 g/mol. The Bertz CT molecular complexity index is 317.